The third-order valence-corrected chi connectivity index (χ3v) is 6.79. The fraction of sp³-hybridized carbons (Fsp3) is 0.0968. The largest absolute Gasteiger partial charge is 0.416 e. The molecule has 4 aromatic rings. The van der Waals surface area contributed by atoms with Crippen LogP contribution in [0.4, 0.5) is 13.2 Å². The minimum Gasteiger partial charge on any atom is -0.166 e. The number of fused-ring (bicyclic) bond motifs is 3. The van der Waals surface area contributed by atoms with E-state index in [2.05, 4.69) is 66.8 Å². The lowest BCUT2D eigenvalue weighted by Gasteiger charge is -2.14. The molecule has 34 heavy (non-hydrogen) atoms. The van der Waals surface area contributed by atoms with Crippen LogP contribution in [-0.4, -0.2) is 6.18 Å². The lowest BCUT2D eigenvalue weighted by molar-refractivity contribution is -0.0884. The topological polar surface area (TPSA) is 0 Å². The average Bonchev–Trinajstić information content (AvgIpc) is 2.86. The van der Waals surface area contributed by atoms with Gasteiger partial charge in [0, 0.05) is 0 Å². The van der Waals surface area contributed by atoms with Crippen LogP contribution in [0.3, 0.4) is 0 Å². The molecule has 2 aliphatic rings. The zero-order valence-corrected chi connectivity index (χ0v) is 18.4. The fourth-order valence-electron chi connectivity index (χ4n) is 5.18. The molecule has 4 aromatic carbocycles. The van der Waals surface area contributed by atoms with Crippen molar-refractivity contribution in [2.45, 2.75) is 19.0 Å². The van der Waals surface area contributed by atoms with Crippen molar-refractivity contribution in [3.8, 4) is 0 Å². The lowest BCUT2D eigenvalue weighted by atomic mass is 9.92. The second-order valence-corrected chi connectivity index (χ2v) is 8.77. The summed E-state index contributed by atoms with van der Waals surface area (Å²) in [4.78, 5) is 0. The summed E-state index contributed by atoms with van der Waals surface area (Å²) in [6, 6.07) is 23.1. The van der Waals surface area contributed by atoms with Gasteiger partial charge >= 0.3 is 6.18 Å². The molecule has 0 aliphatic heterocycles. The Morgan fingerprint density at radius 1 is 0.706 bits per heavy atom. The average molecular weight is 451 g/mol. The van der Waals surface area contributed by atoms with Crippen molar-refractivity contribution in [2.75, 3.05) is 0 Å². The summed E-state index contributed by atoms with van der Waals surface area (Å²) < 4.78 is 39.4. The maximum atomic E-state index is 13.1. The molecule has 0 saturated heterocycles. The van der Waals surface area contributed by atoms with E-state index in [1.54, 1.807) is 6.08 Å². The zero-order valence-electron chi connectivity index (χ0n) is 18.4. The Morgan fingerprint density at radius 2 is 1.50 bits per heavy atom. The van der Waals surface area contributed by atoms with E-state index >= 15 is 0 Å². The minimum absolute atomic E-state index is 0.256. The molecule has 0 fully saturated rings. The Balaban J connectivity index is 1.80. The minimum atomic E-state index is -4.32. The van der Waals surface area contributed by atoms with Gasteiger partial charge in [-0.2, -0.15) is 13.2 Å². The molecule has 6 rings (SSSR count). The van der Waals surface area contributed by atoms with E-state index in [1.807, 2.05) is 18.2 Å². The Kier molecular flexibility index (Phi) is 4.80. The highest BCUT2D eigenvalue weighted by Crippen LogP contribution is 2.31. The van der Waals surface area contributed by atoms with E-state index in [4.69, 9.17) is 0 Å². The lowest BCUT2D eigenvalue weighted by Crippen LogP contribution is -2.14. The molecule has 0 heterocycles. The first-order valence-electron chi connectivity index (χ1n) is 11.4. The quantitative estimate of drug-likeness (QED) is 0.259. The van der Waals surface area contributed by atoms with Gasteiger partial charge in [0.1, 0.15) is 0 Å². The number of alkyl halides is 3. The highest BCUT2D eigenvalue weighted by Gasteiger charge is 2.32. The number of hydrogen-bond donors (Lipinski definition) is 0. The van der Waals surface area contributed by atoms with E-state index in [0.29, 0.717) is 0 Å². The second kappa shape index (κ2) is 7.88. The fourth-order valence-corrected chi connectivity index (χ4v) is 5.18. The molecule has 0 N–H and O–H groups in total. The summed E-state index contributed by atoms with van der Waals surface area (Å²) in [5.74, 6) is 0. The molecule has 0 amide bonds. The predicted molar refractivity (Wildman–Crippen MR) is 133 cm³/mol. The third-order valence-electron chi connectivity index (χ3n) is 6.79. The predicted octanol–water partition coefficient (Wildman–Crippen LogP) is 6.77. The molecular weight excluding hydrogens is 429 g/mol. The van der Waals surface area contributed by atoms with E-state index in [0.717, 1.165) is 33.4 Å². The van der Waals surface area contributed by atoms with Crippen molar-refractivity contribution in [1.29, 1.82) is 0 Å². The van der Waals surface area contributed by atoms with Crippen LogP contribution >= 0.6 is 0 Å². The highest BCUT2D eigenvalue weighted by molar-refractivity contribution is 6.00. The molecule has 0 unspecified atom stereocenters. The summed E-state index contributed by atoms with van der Waals surface area (Å²) >= 11 is 0. The molecule has 0 saturated carbocycles. The van der Waals surface area contributed by atoms with Crippen LogP contribution in [0.5, 0.6) is 0 Å². The first-order valence-corrected chi connectivity index (χ1v) is 11.4. The molecule has 3 heteroatoms. The van der Waals surface area contributed by atoms with E-state index < -0.39 is 11.7 Å². The van der Waals surface area contributed by atoms with Gasteiger partial charge in [0.25, 0.3) is 0 Å². The molecule has 0 radical (unpaired) electrons. The van der Waals surface area contributed by atoms with E-state index in [9.17, 15) is 13.2 Å². The van der Waals surface area contributed by atoms with Crippen LogP contribution < -0.4 is 10.4 Å². The number of benzene rings is 4. The van der Waals surface area contributed by atoms with Gasteiger partial charge in [-0.1, -0.05) is 97.1 Å². The Labute approximate surface area is 194 Å². The van der Waals surface area contributed by atoms with Crippen LogP contribution in [0.1, 0.15) is 12.0 Å². The van der Waals surface area contributed by atoms with Crippen molar-refractivity contribution in [1.82, 2.24) is 0 Å². The Morgan fingerprint density at radius 3 is 2.32 bits per heavy atom. The number of halogens is 3. The van der Waals surface area contributed by atoms with Crippen LogP contribution in [0.25, 0.3) is 33.2 Å². The summed E-state index contributed by atoms with van der Waals surface area (Å²) in [6.45, 7) is 0. The van der Waals surface area contributed by atoms with Gasteiger partial charge in [-0.25, -0.2) is 0 Å². The normalized spacial score (nSPS) is 18.0. The van der Waals surface area contributed by atoms with Crippen LogP contribution in [-0.2, 0) is 6.42 Å². The molecule has 166 valence electrons. The monoisotopic (exact) mass is 450 g/mol. The Bertz CT molecular complexity index is 1780. The smallest absolute Gasteiger partial charge is 0.166 e. The van der Waals surface area contributed by atoms with Gasteiger partial charge in [0.15, 0.2) is 0 Å². The standard InChI is InChI=1S/C31H21F3/c32-31(33,34)23-17-15-21(16-18-23)25-12-6-14-28-29(25)19-22-8-2-4-11-26(22)30(28)27-13-5-9-20-7-1-3-10-24(20)27/h1-6,8-15,17-19H,7,16H2. The van der Waals surface area contributed by atoms with Gasteiger partial charge < -0.3 is 0 Å². The molecule has 2 aliphatic carbocycles. The molecule has 0 bridgehead atoms. The van der Waals surface area contributed by atoms with E-state index in [1.165, 1.54) is 38.8 Å². The zero-order chi connectivity index (χ0) is 23.3. The molecule has 0 aromatic heterocycles. The van der Waals surface area contributed by atoms with Gasteiger partial charge in [-0.15, -0.1) is 0 Å². The van der Waals surface area contributed by atoms with Gasteiger partial charge in [0.05, 0.1) is 5.57 Å². The van der Waals surface area contributed by atoms with E-state index in [-0.39, 0.29) is 6.42 Å². The van der Waals surface area contributed by atoms with Gasteiger partial charge in [0.2, 0.25) is 0 Å². The molecule has 0 atom stereocenters. The SMILES string of the molecule is FC(F)(F)C1=CCC(=c2cccc3c(=c4cccc5c4=CC=CC5)c4ccccc4cc23)C=C1. The first-order chi connectivity index (χ1) is 16.5. The first kappa shape index (κ1) is 20.7. The maximum absolute atomic E-state index is 13.1. The summed E-state index contributed by atoms with van der Waals surface area (Å²) in [6.07, 6.45) is 7.39. The molecule has 0 nitrogen and oxygen atoms in total. The molecular formula is C31H21F3. The highest BCUT2D eigenvalue weighted by atomic mass is 19.4. The van der Waals surface area contributed by atoms with Gasteiger partial charge in [-0.05, 0) is 72.5 Å². The number of rotatable bonds is 0. The van der Waals surface area contributed by atoms with Crippen LogP contribution in [0, 0.1) is 10.4 Å². The summed E-state index contributed by atoms with van der Waals surface area (Å²) in [7, 11) is 0. The van der Waals surface area contributed by atoms with Crippen molar-refractivity contribution in [3.63, 3.8) is 0 Å². The van der Waals surface area contributed by atoms with Crippen LogP contribution in [0.2, 0.25) is 0 Å². The van der Waals surface area contributed by atoms with Crippen LogP contribution in [0.15, 0.2) is 103 Å². The van der Waals surface area contributed by atoms with Crippen molar-refractivity contribution >= 4 is 33.2 Å². The summed E-state index contributed by atoms with van der Waals surface area (Å²) in [5, 5.41) is 9.03. The maximum Gasteiger partial charge on any atom is 0.416 e. The summed E-state index contributed by atoms with van der Waals surface area (Å²) in [5.41, 5.74) is 1.61. The number of allylic oxidation sites excluding steroid dienone is 6. The number of hydrogen-bond acceptors (Lipinski definition) is 0. The van der Waals surface area contributed by atoms with Gasteiger partial charge in [-0.3, -0.25) is 0 Å². The van der Waals surface area contributed by atoms with Crippen molar-refractivity contribution in [2.24, 2.45) is 0 Å². The van der Waals surface area contributed by atoms with Crippen molar-refractivity contribution in [3.05, 3.63) is 129 Å². The third kappa shape index (κ3) is 3.40. The second-order valence-electron chi connectivity index (χ2n) is 8.77. The molecule has 0 spiro atoms. The van der Waals surface area contributed by atoms with Crippen molar-refractivity contribution < 1.29 is 13.2 Å². The Hall–Kier alpha value is -3.85.